The van der Waals surface area contributed by atoms with E-state index in [9.17, 15) is 10.2 Å². The van der Waals surface area contributed by atoms with Crippen molar-refractivity contribution in [1.82, 2.24) is 24.8 Å². The molecule has 0 unspecified atom stereocenters. The van der Waals surface area contributed by atoms with E-state index in [1.54, 1.807) is 0 Å². The van der Waals surface area contributed by atoms with Gasteiger partial charge in [-0.15, -0.1) is 0 Å². The fourth-order valence-corrected chi connectivity index (χ4v) is 6.22. The Kier molecular flexibility index (Phi) is 11.2. The number of hydrogen-bond donors (Lipinski definition) is 2. The minimum atomic E-state index is -0.230. The fraction of sp³-hybridized carbons (Fsp3) is 0.357. The van der Waals surface area contributed by atoms with E-state index >= 15 is 0 Å². The Morgan fingerprint density at radius 1 is 0.510 bits per heavy atom. The first-order valence-electron chi connectivity index (χ1n) is 17.1. The van der Waals surface area contributed by atoms with Gasteiger partial charge in [-0.25, -0.2) is 0 Å². The Labute approximate surface area is 292 Å². The zero-order valence-electron chi connectivity index (χ0n) is 30.1. The predicted molar refractivity (Wildman–Crippen MR) is 197 cm³/mol. The minimum absolute atomic E-state index is 0.0889. The highest BCUT2D eigenvalue weighted by Crippen LogP contribution is 2.39. The van der Waals surface area contributed by atoms with Crippen LogP contribution in [0.2, 0.25) is 0 Å². The smallest absolute Gasteiger partial charge is 0.124 e. The van der Waals surface area contributed by atoms with Gasteiger partial charge in [-0.1, -0.05) is 89.6 Å². The van der Waals surface area contributed by atoms with Crippen molar-refractivity contribution in [1.29, 1.82) is 0 Å². The number of pyridine rings is 3. The largest absolute Gasteiger partial charge is 0.507 e. The maximum atomic E-state index is 11.9. The molecule has 0 saturated heterocycles. The van der Waals surface area contributed by atoms with Crippen LogP contribution in [0.25, 0.3) is 0 Å². The topological polar surface area (TPSA) is 85.6 Å². The van der Waals surface area contributed by atoms with Crippen LogP contribution in [0.3, 0.4) is 0 Å². The number of rotatable bonds is 12. The van der Waals surface area contributed by atoms with Gasteiger partial charge in [0.05, 0.1) is 17.1 Å². The zero-order chi connectivity index (χ0) is 35.2. The number of benzene rings is 2. The lowest BCUT2D eigenvalue weighted by Crippen LogP contribution is -2.25. The van der Waals surface area contributed by atoms with Crippen LogP contribution in [0, 0.1) is 6.92 Å². The van der Waals surface area contributed by atoms with Gasteiger partial charge in [-0.3, -0.25) is 24.8 Å². The summed E-state index contributed by atoms with van der Waals surface area (Å²) in [4.78, 5) is 18.3. The SMILES string of the molecule is Cc1cc(CN(Cc2ccccn2)Cc2ccccn2)c(O)c(CN(Cc2ccccn2)Cc2cc(C(C)(C)C)cc(C(C)(C)C)c2O)c1. The van der Waals surface area contributed by atoms with Crippen molar-refractivity contribution in [3.05, 3.63) is 148 Å². The van der Waals surface area contributed by atoms with Crippen molar-refractivity contribution in [2.75, 3.05) is 0 Å². The van der Waals surface area contributed by atoms with Crippen molar-refractivity contribution >= 4 is 0 Å². The third kappa shape index (κ3) is 9.74. The monoisotopic (exact) mass is 657 g/mol. The number of aromatic nitrogens is 3. The molecule has 7 heteroatoms. The molecule has 256 valence electrons. The predicted octanol–water partition coefficient (Wildman–Crippen LogP) is 8.59. The quantitative estimate of drug-likeness (QED) is 0.139. The van der Waals surface area contributed by atoms with E-state index in [0.717, 1.165) is 44.9 Å². The normalized spacial score (nSPS) is 12.2. The molecule has 0 atom stereocenters. The van der Waals surface area contributed by atoms with Gasteiger partial charge in [0.1, 0.15) is 11.5 Å². The van der Waals surface area contributed by atoms with Crippen LogP contribution in [0.4, 0.5) is 0 Å². The molecule has 0 aliphatic heterocycles. The average molecular weight is 658 g/mol. The van der Waals surface area contributed by atoms with Gasteiger partial charge < -0.3 is 10.2 Å². The lowest BCUT2D eigenvalue weighted by molar-refractivity contribution is 0.231. The molecule has 7 nitrogen and oxygen atoms in total. The van der Waals surface area contributed by atoms with Gasteiger partial charge >= 0.3 is 0 Å². The number of hydrogen-bond acceptors (Lipinski definition) is 7. The standard InChI is InChI=1S/C42H51N5O2/c1-30-20-31(39(48)32(21-30)25-47(28-36-15-9-12-18-44-36)29-37-16-10-13-19-45-37)24-46(27-35-14-8-11-17-43-35)26-33-22-34(41(2,3)4)23-38(40(33)49)42(5,6)7/h8-23,48-49H,24-29H2,1-7H3. The van der Waals surface area contributed by atoms with E-state index in [4.69, 9.17) is 0 Å². The van der Waals surface area contributed by atoms with E-state index < -0.39 is 0 Å². The summed E-state index contributed by atoms with van der Waals surface area (Å²) in [5.41, 5.74) is 8.28. The van der Waals surface area contributed by atoms with Crippen LogP contribution in [-0.4, -0.2) is 35.0 Å². The summed E-state index contributed by atoms with van der Waals surface area (Å²) in [5.74, 6) is 0.618. The van der Waals surface area contributed by atoms with Crippen LogP contribution in [0.5, 0.6) is 11.5 Å². The molecule has 3 heterocycles. The van der Waals surface area contributed by atoms with Crippen molar-refractivity contribution in [3.8, 4) is 11.5 Å². The molecule has 5 rings (SSSR count). The first-order chi connectivity index (χ1) is 23.3. The molecule has 0 aliphatic rings. The number of nitrogens with zero attached hydrogens (tertiary/aromatic N) is 5. The van der Waals surface area contributed by atoms with Gasteiger partial charge in [0.2, 0.25) is 0 Å². The molecule has 3 aromatic heterocycles. The number of phenols is 2. The Morgan fingerprint density at radius 2 is 0.918 bits per heavy atom. The Hall–Kier alpha value is -4.59. The molecule has 2 N–H and O–H groups in total. The molecular formula is C42H51N5O2. The minimum Gasteiger partial charge on any atom is -0.507 e. The van der Waals surface area contributed by atoms with Crippen LogP contribution in [-0.2, 0) is 50.1 Å². The van der Waals surface area contributed by atoms with Crippen LogP contribution in [0.1, 0.15) is 92.0 Å². The van der Waals surface area contributed by atoms with E-state index in [-0.39, 0.29) is 16.6 Å². The summed E-state index contributed by atoms with van der Waals surface area (Å²) in [6.07, 6.45) is 5.43. The van der Waals surface area contributed by atoms with Crippen molar-refractivity contribution < 1.29 is 10.2 Å². The Balaban J connectivity index is 1.50. The highest BCUT2D eigenvalue weighted by atomic mass is 16.3. The first kappa shape index (κ1) is 35.7. The van der Waals surface area contributed by atoms with Gasteiger partial charge in [0.15, 0.2) is 0 Å². The molecule has 0 fully saturated rings. The second-order valence-corrected chi connectivity index (χ2v) is 15.2. The van der Waals surface area contributed by atoms with E-state index in [1.807, 2.05) is 73.2 Å². The fourth-order valence-electron chi connectivity index (χ4n) is 6.22. The molecule has 2 aromatic carbocycles. The summed E-state index contributed by atoms with van der Waals surface area (Å²) in [7, 11) is 0. The third-order valence-electron chi connectivity index (χ3n) is 8.79. The molecule has 0 amide bonds. The summed E-state index contributed by atoms with van der Waals surface area (Å²) < 4.78 is 0. The number of aryl methyl sites for hydroxylation is 1. The zero-order valence-corrected chi connectivity index (χ0v) is 30.1. The molecular weight excluding hydrogens is 606 g/mol. The molecule has 0 bridgehead atoms. The molecule has 0 saturated carbocycles. The highest BCUT2D eigenvalue weighted by Gasteiger charge is 2.26. The van der Waals surface area contributed by atoms with Gasteiger partial charge in [-0.2, -0.15) is 0 Å². The lowest BCUT2D eigenvalue weighted by atomic mass is 9.79. The second kappa shape index (κ2) is 15.3. The maximum Gasteiger partial charge on any atom is 0.124 e. The number of aromatic hydroxyl groups is 2. The van der Waals surface area contributed by atoms with E-state index in [2.05, 4.69) is 97.5 Å². The molecule has 0 radical (unpaired) electrons. The van der Waals surface area contributed by atoms with Gasteiger partial charge in [0, 0.05) is 74.5 Å². The van der Waals surface area contributed by atoms with Gasteiger partial charge in [-0.05, 0) is 65.3 Å². The molecule has 0 aliphatic carbocycles. The van der Waals surface area contributed by atoms with Crippen molar-refractivity contribution in [2.24, 2.45) is 0 Å². The Morgan fingerprint density at radius 3 is 1.29 bits per heavy atom. The Bertz CT molecular complexity index is 1770. The summed E-state index contributed by atoms with van der Waals surface area (Å²) in [5, 5.41) is 23.6. The lowest BCUT2D eigenvalue weighted by Gasteiger charge is -2.30. The number of phenolic OH excluding ortho intramolecular Hbond substituents is 2. The third-order valence-corrected chi connectivity index (χ3v) is 8.79. The summed E-state index contributed by atoms with van der Waals surface area (Å²) >= 11 is 0. The maximum absolute atomic E-state index is 11.9. The highest BCUT2D eigenvalue weighted by molar-refractivity contribution is 5.49. The van der Waals surface area contributed by atoms with Crippen LogP contribution < -0.4 is 0 Å². The second-order valence-electron chi connectivity index (χ2n) is 15.2. The van der Waals surface area contributed by atoms with Crippen LogP contribution in [0.15, 0.2) is 97.5 Å². The van der Waals surface area contributed by atoms with Crippen molar-refractivity contribution in [3.63, 3.8) is 0 Å². The summed E-state index contributed by atoms with van der Waals surface area (Å²) in [6, 6.07) is 26.3. The van der Waals surface area contributed by atoms with Gasteiger partial charge in [0.25, 0.3) is 0 Å². The summed E-state index contributed by atoms with van der Waals surface area (Å²) in [6.45, 7) is 18.4. The van der Waals surface area contributed by atoms with E-state index in [1.165, 1.54) is 5.56 Å². The molecule has 5 aromatic rings. The average Bonchev–Trinajstić information content (AvgIpc) is 3.04. The van der Waals surface area contributed by atoms with Crippen LogP contribution >= 0.6 is 0 Å². The van der Waals surface area contributed by atoms with Crippen molar-refractivity contribution in [2.45, 2.75) is 98.6 Å². The molecule has 0 spiro atoms. The first-order valence-corrected chi connectivity index (χ1v) is 17.1. The molecule has 49 heavy (non-hydrogen) atoms. The van der Waals surface area contributed by atoms with E-state index in [0.29, 0.717) is 45.0 Å².